The average Bonchev–Trinajstić information content (AvgIpc) is 2.65. The van der Waals surface area contributed by atoms with Crippen molar-refractivity contribution in [3.8, 4) is 17.3 Å². The topological polar surface area (TPSA) is 70.0 Å². The minimum Gasteiger partial charge on any atom is -0.215 e. The maximum atomic E-state index is 12.1. The summed E-state index contributed by atoms with van der Waals surface area (Å²) in [5, 5.41) is 8.59. The first kappa shape index (κ1) is 21.7. The van der Waals surface area contributed by atoms with Gasteiger partial charge in [-0.15, -0.1) is 0 Å². The van der Waals surface area contributed by atoms with Crippen molar-refractivity contribution in [1.29, 1.82) is 5.26 Å². The summed E-state index contributed by atoms with van der Waals surface area (Å²) < 4.78 is 26.0. The molecule has 24 heavy (non-hydrogen) atoms. The van der Waals surface area contributed by atoms with Gasteiger partial charge in [-0.3, -0.25) is 0 Å². The third kappa shape index (κ3) is 5.39. The molecule has 0 aliphatic carbocycles. The Labute approximate surface area is 146 Å². The average molecular weight is 346 g/mol. The molecule has 0 saturated carbocycles. The highest BCUT2D eigenvalue weighted by Crippen LogP contribution is 2.30. The molecule has 2 aromatic carbocycles. The molecule has 4 nitrogen and oxygen atoms in total. The third-order valence-corrected chi connectivity index (χ3v) is 4.34. The van der Waals surface area contributed by atoms with Gasteiger partial charge in [-0.25, -0.2) is 13.1 Å². The van der Waals surface area contributed by atoms with Gasteiger partial charge in [-0.2, -0.15) is 5.26 Å². The first-order chi connectivity index (χ1) is 11.6. The van der Waals surface area contributed by atoms with Gasteiger partial charge < -0.3 is 0 Å². The normalized spacial score (nSPS) is 9.50. The lowest BCUT2D eigenvalue weighted by Gasteiger charge is -2.12. The first-order valence-corrected chi connectivity index (χ1v) is 9.66. The monoisotopic (exact) mass is 346 g/mol. The molecule has 0 unspecified atom stereocenters. The molecular formula is C19H26N2O2S. The summed E-state index contributed by atoms with van der Waals surface area (Å²) in [6, 6.07) is 14.3. The number of hydrogen-bond acceptors (Lipinski definition) is 3. The highest BCUT2D eigenvalue weighted by Gasteiger charge is 2.19. The summed E-state index contributed by atoms with van der Waals surface area (Å²) in [4.78, 5) is 0.113. The number of hydrogen-bond donors (Lipinski definition) is 1. The smallest absolute Gasteiger partial charge is 0.215 e. The zero-order chi connectivity index (χ0) is 18.6. The van der Waals surface area contributed by atoms with Crippen molar-refractivity contribution >= 4 is 10.0 Å². The van der Waals surface area contributed by atoms with Gasteiger partial charge in [-0.05, 0) is 23.6 Å². The molecular weight excluding hydrogens is 320 g/mol. The minimum absolute atomic E-state index is 0.113. The molecule has 0 saturated heterocycles. The van der Waals surface area contributed by atoms with Gasteiger partial charge >= 0.3 is 0 Å². The number of sulfonamides is 1. The molecule has 0 bridgehead atoms. The molecule has 0 aromatic heterocycles. The van der Waals surface area contributed by atoms with E-state index in [-0.39, 0.29) is 4.90 Å². The predicted molar refractivity (Wildman–Crippen MR) is 99.9 cm³/mol. The zero-order valence-electron chi connectivity index (χ0n) is 15.0. The van der Waals surface area contributed by atoms with Crippen LogP contribution in [0.25, 0.3) is 11.1 Å². The van der Waals surface area contributed by atoms with Crippen LogP contribution in [0.2, 0.25) is 0 Å². The number of benzene rings is 2. The second kappa shape index (κ2) is 11.3. The van der Waals surface area contributed by atoms with Gasteiger partial charge in [0.1, 0.15) is 0 Å². The summed E-state index contributed by atoms with van der Waals surface area (Å²) in [6.07, 6.45) is 2.28. The second-order valence-corrected chi connectivity index (χ2v) is 5.87. The molecule has 0 amide bonds. The van der Waals surface area contributed by atoms with Crippen LogP contribution < -0.4 is 4.72 Å². The molecule has 130 valence electrons. The largest absolute Gasteiger partial charge is 0.270 e. The van der Waals surface area contributed by atoms with E-state index in [1.807, 2.05) is 63.6 Å². The van der Waals surface area contributed by atoms with Gasteiger partial charge in [0.15, 0.2) is 6.19 Å². The maximum absolute atomic E-state index is 12.1. The molecule has 2 aromatic rings. The Morgan fingerprint density at radius 1 is 0.917 bits per heavy atom. The summed E-state index contributed by atoms with van der Waals surface area (Å²) in [6.45, 7) is 10.0. The minimum atomic E-state index is -3.83. The van der Waals surface area contributed by atoms with Crippen molar-refractivity contribution in [2.75, 3.05) is 0 Å². The first-order valence-electron chi connectivity index (χ1n) is 8.18. The summed E-state index contributed by atoms with van der Waals surface area (Å²) in [5.41, 5.74) is 2.54. The Hall–Kier alpha value is -2.32. The Morgan fingerprint density at radius 3 is 1.96 bits per heavy atom. The molecule has 0 aliphatic rings. The van der Waals surface area contributed by atoms with Crippen molar-refractivity contribution in [3.63, 3.8) is 0 Å². The number of nitrogens with zero attached hydrogens (tertiary/aromatic N) is 1. The van der Waals surface area contributed by atoms with E-state index >= 15 is 0 Å². The van der Waals surface area contributed by atoms with Crippen LogP contribution in [0.1, 0.15) is 40.2 Å². The molecule has 1 N–H and O–H groups in total. The molecule has 5 heteroatoms. The summed E-state index contributed by atoms with van der Waals surface area (Å²) in [7, 11) is -3.83. The van der Waals surface area contributed by atoms with Gasteiger partial charge in [0.05, 0.1) is 4.90 Å². The van der Waals surface area contributed by atoms with Crippen molar-refractivity contribution < 1.29 is 8.42 Å². The van der Waals surface area contributed by atoms with Crippen molar-refractivity contribution in [2.45, 2.75) is 45.9 Å². The van der Waals surface area contributed by atoms with Crippen LogP contribution in [0.3, 0.4) is 0 Å². The highest BCUT2D eigenvalue weighted by molar-refractivity contribution is 7.89. The SMILES string of the molecule is CC.CC.CCc1ccccc1-c1ccccc1S(=O)(=O)NC#N. The van der Waals surface area contributed by atoms with E-state index in [1.165, 1.54) is 12.3 Å². The highest BCUT2D eigenvalue weighted by atomic mass is 32.2. The quantitative estimate of drug-likeness (QED) is 0.643. The summed E-state index contributed by atoms with van der Waals surface area (Å²) >= 11 is 0. The molecule has 0 spiro atoms. The van der Waals surface area contributed by atoms with Crippen LogP contribution in [0, 0.1) is 11.5 Å². The van der Waals surface area contributed by atoms with E-state index in [9.17, 15) is 8.42 Å². The lowest BCUT2D eigenvalue weighted by atomic mass is 9.98. The van der Waals surface area contributed by atoms with Gasteiger partial charge in [0.2, 0.25) is 0 Å². The zero-order valence-corrected chi connectivity index (χ0v) is 15.8. The van der Waals surface area contributed by atoms with E-state index in [0.717, 1.165) is 17.5 Å². The number of nitriles is 1. The number of rotatable bonds is 4. The van der Waals surface area contributed by atoms with Crippen molar-refractivity contribution in [1.82, 2.24) is 4.72 Å². The Bertz CT molecular complexity index is 763. The standard InChI is InChI=1S/C15H14N2O2S.2C2H6/c1-2-12-7-3-4-8-13(12)14-9-5-6-10-15(14)20(18,19)17-11-16;2*1-2/h3-10,17H,2H2,1H3;2*1-2H3. The van der Waals surface area contributed by atoms with E-state index in [0.29, 0.717) is 5.56 Å². The van der Waals surface area contributed by atoms with E-state index < -0.39 is 10.0 Å². The van der Waals surface area contributed by atoms with E-state index in [2.05, 4.69) is 0 Å². The van der Waals surface area contributed by atoms with Crippen LogP contribution in [-0.2, 0) is 16.4 Å². The predicted octanol–water partition coefficient (Wildman–Crippen LogP) is 4.73. The lowest BCUT2D eigenvalue weighted by molar-refractivity contribution is 0.591. The van der Waals surface area contributed by atoms with Crippen molar-refractivity contribution in [3.05, 3.63) is 54.1 Å². The van der Waals surface area contributed by atoms with Gasteiger partial charge in [0.25, 0.3) is 10.0 Å². The van der Waals surface area contributed by atoms with Crippen LogP contribution in [0.5, 0.6) is 0 Å². The van der Waals surface area contributed by atoms with Crippen LogP contribution in [-0.4, -0.2) is 8.42 Å². The van der Waals surface area contributed by atoms with Crippen LogP contribution >= 0.6 is 0 Å². The third-order valence-electron chi connectivity index (χ3n) is 3.05. The Kier molecular flexibility index (Phi) is 10.2. The fourth-order valence-electron chi connectivity index (χ4n) is 2.13. The lowest BCUT2D eigenvalue weighted by Crippen LogP contribution is -2.19. The van der Waals surface area contributed by atoms with Crippen LogP contribution in [0.15, 0.2) is 53.4 Å². The molecule has 2 rings (SSSR count). The Morgan fingerprint density at radius 2 is 1.42 bits per heavy atom. The van der Waals surface area contributed by atoms with Crippen LogP contribution in [0.4, 0.5) is 0 Å². The number of aryl methyl sites for hydroxylation is 1. The van der Waals surface area contributed by atoms with Gasteiger partial charge in [0, 0.05) is 5.56 Å². The summed E-state index contributed by atoms with van der Waals surface area (Å²) in [5.74, 6) is 0. The fourth-order valence-corrected chi connectivity index (χ4v) is 3.09. The molecule has 0 fully saturated rings. The Balaban J connectivity index is 0.00000123. The second-order valence-electron chi connectivity index (χ2n) is 4.22. The van der Waals surface area contributed by atoms with E-state index in [4.69, 9.17) is 5.26 Å². The molecule has 0 atom stereocenters. The number of nitrogens with one attached hydrogen (secondary N) is 1. The molecule has 0 aliphatic heterocycles. The van der Waals surface area contributed by atoms with Gasteiger partial charge in [-0.1, -0.05) is 77.1 Å². The fraction of sp³-hybridized carbons (Fsp3) is 0.316. The molecule has 0 heterocycles. The molecule has 0 radical (unpaired) electrons. The van der Waals surface area contributed by atoms with Crippen molar-refractivity contribution in [2.24, 2.45) is 0 Å². The van der Waals surface area contributed by atoms with E-state index in [1.54, 1.807) is 18.2 Å². The maximum Gasteiger partial charge on any atom is 0.270 e.